The number of thiol groups is 1. The first-order chi connectivity index (χ1) is 4.29. The van der Waals surface area contributed by atoms with Gasteiger partial charge in [0.15, 0.2) is 0 Å². The van der Waals surface area contributed by atoms with Gasteiger partial charge in [-0.25, -0.2) is 0 Å². The van der Waals surface area contributed by atoms with E-state index in [4.69, 9.17) is 0 Å². The lowest BCUT2D eigenvalue weighted by Gasteiger charge is -2.45. The molecule has 3 fully saturated rings. The highest BCUT2D eigenvalue weighted by Crippen LogP contribution is 2.36. The highest BCUT2D eigenvalue weighted by atomic mass is 32.1. The molecule has 3 aliphatic rings. The number of rotatable bonds is 0. The fourth-order valence-electron chi connectivity index (χ4n) is 1.81. The molecule has 0 aliphatic carbocycles. The molecule has 0 aromatic carbocycles. The highest BCUT2D eigenvalue weighted by Gasteiger charge is 2.35. The van der Waals surface area contributed by atoms with Crippen molar-refractivity contribution >= 4 is 12.6 Å². The van der Waals surface area contributed by atoms with Crippen molar-refractivity contribution in [2.24, 2.45) is 0 Å². The molecule has 0 atom stereocenters. The second-order valence-corrected chi connectivity index (χ2v) is 4.26. The van der Waals surface area contributed by atoms with Gasteiger partial charge in [0.05, 0.1) is 0 Å². The summed E-state index contributed by atoms with van der Waals surface area (Å²) in [5, 5.41) is 0. The molecule has 0 radical (unpaired) electrons. The zero-order valence-corrected chi connectivity index (χ0v) is 6.53. The van der Waals surface area contributed by atoms with Gasteiger partial charge in [0, 0.05) is 4.75 Å². The van der Waals surface area contributed by atoms with Gasteiger partial charge in [-0.2, -0.15) is 12.6 Å². The minimum Gasteiger partial charge on any atom is -0.303 e. The molecule has 3 rings (SSSR count). The maximum Gasteiger partial charge on any atom is 0.0166 e. The van der Waals surface area contributed by atoms with Crippen molar-refractivity contribution in [3.8, 4) is 0 Å². The highest BCUT2D eigenvalue weighted by molar-refractivity contribution is 7.81. The van der Waals surface area contributed by atoms with Crippen molar-refractivity contribution in [2.45, 2.75) is 24.0 Å². The zero-order chi connectivity index (χ0) is 6.32. The van der Waals surface area contributed by atoms with E-state index in [-0.39, 0.29) is 0 Å². The van der Waals surface area contributed by atoms with Gasteiger partial charge in [0.2, 0.25) is 0 Å². The summed E-state index contributed by atoms with van der Waals surface area (Å²) in [5.41, 5.74) is 0. The summed E-state index contributed by atoms with van der Waals surface area (Å²) in [4.78, 5) is 2.54. The third-order valence-corrected chi connectivity index (χ3v) is 3.35. The van der Waals surface area contributed by atoms with Gasteiger partial charge in [-0.05, 0) is 38.9 Å². The molecule has 52 valence electrons. The van der Waals surface area contributed by atoms with Gasteiger partial charge >= 0.3 is 0 Å². The van der Waals surface area contributed by atoms with Gasteiger partial charge in [-0.15, -0.1) is 0 Å². The fraction of sp³-hybridized carbons (Fsp3) is 1.00. The molecule has 0 saturated carbocycles. The maximum absolute atomic E-state index is 4.66. The Labute approximate surface area is 61.8 Å². The monoisotopic (exact) mass is 143 g/mol. The van der Waals surface area contributed by atoms with E-state index in [1.807, 2.05) is 0 Å². The van der Waals surface area contributed by atoms with Crippen molar-refractivity contribution in [1.29, 1.82) is 0 Å². The van der Waals surface area contributed by atoms with E-state index in [2.05, 4.69) is 17.5 Å². The molecule has 0 aromatic heterocycles. The largest absolute Gasteiger partial charge is 0.303 e. The maximum atomic E-state index is 4.66. The third-order valence-electron chi connectivity index (χ3n) is 2.68. The molecule has 3 heterocycles. The molecule has 9 heavy (non-hydrogen) atoms. The lowest BCUT2D eigenvalue weighted by molar-refractivity contribution is 0.132. The second kappa shape index (κ2) is 1.89. The Balaban J connectivity index is 2.11. The van der Waals surface area contributed by atoms with Crippen LogP contribution in [0.3, 0.4) is 0 Å². The zero-order valence-electron chi connectivity index (χ0n) is 5.64. The number of hydrogen-bond acceptors (Lipinski definition) is 2. The van der Waals surface area contributed by atoms with Gasteiger partial charge < -0.3 is 4.90 Å². The molecular formula is C7H13NS. The average Bonchev–Trinajstić information content (AvgIpc) is 1.90. The third kappa shape index (κ3) is 0.987. The average molecular weight is 143 g/mol. The van der Waals surface area contributed by atoms with Crippen LogP contribution in [-0.2, 0) is 0 Å². The summed E-state index contributed by atoms with van der Waals surface area (Å²) < 4.78 is 0.439. The molecular weight excluding hydrogens is 130 g/mol. The molecule has 0 spiro atoms. The Hall–Kier alpha value is 0.310. The Kier molecular flexibility index (Phi) is 1.27. The smallest absolute Gasteiger partial charge is 0.0166 e. The van der Waals surface area contributed by atoms with Crippen molar-refractivity contribution in [1.82, 2.24) is 4.90 Å². The van der Waals surface area contributed by atoms with Gasteiger partial charge in [0.1, 0.15) is 0 Å². The summed E-state index contributed by atoms with van der Waals surface area (Å²) >= 11 is 4.66. The quantitative estimate of drug-likeness (QED) is 0.498. The van der Waals surface area contributed by atoms with Gasteiger partial charge in [-0.3, -0.25) is 0 Å². The topological polar surface area (TPSA) is 3.24 Å². The van der Waals surface area contributed by atoms with Crippen molar-refractivity contribution < 1.29 is 0 Å². The van der Waals surface area contributed by atoms with E-state index in [1.165, 1.54) is 38.9 Å². The first-order valence-electron chi connectivity index (χ1n) is 3.73. The Morgan fingerprint density at radius 3 is 1.67 bits per heavy atom. The van der Waals surface area contributed by atoms with Crippen molar-refractivity contribution in [3.63, 3.8) is 0 Å². The summed E-state index contributed by atoms with van der Waals surface area (Å²) in [5.74, 6) is 0. The van der Waals surface area contributed by atoms with Crippen LogP contribution in [0.1, 0.15) is 19.3 Å². The molecule has 2 bridgehead atoms. The Bertz CT molecular complexity index is 102. The SMILES string of the molecule is SC12CCN(CC1)CC2. The van der Waals surface area contributed by atoms with Crippen LogP contribution in [0.15, 0.2) is 0 Å². The van der Waals surface area contributed by atoms with E-state index in [9.17, 15) is 0 Å². The molecule has 3 aliphatic heterocycles. The molecule has 0 amide bonds. The minimum absolute atomic E-state index is 0.439. The molecule has 0 aromatic rings. The minimum atomic E-state index is 0.439. The number of fused-ring (bicyclic) bond motifs is 3. The first kappa shape index (κ1) is 6.05. The normalized spacial score (nSPS) is 49.7. The number of piperidine rings is 3. The number of hydrogen-bond donors (Lipinski definition) is 1. The van der Waals surface area contributed by atoms with Gasteiger partial charge in [0.25, 0.3) is 0 Å². The van der Waals surface area contributed by atoms with E-state index in [1.54, 1.807) is 0 Å². The van der Waals surface area contributed by atoms with Crippen molar-refractivity contribution in [3.05, 3.63) is 0 Å². The Morgan fingerprint density at radius 2 is 1.44 bits per heavy atom. The van der Waals surface area contributed by atoms with Crippen molar-refractivity contribution in [2.75, 3.05) is 19.6 Å². The van der Waals surface area contributed by atoms with Crippen LogP contribution in [0.5, 0.6) is 0 Å². The van der Waals surface area contributed by atoms with Crippen LogP contribution < -0.4 is 0 Å². The standard InChI is InChI=1S/C7H13NS/c9-7-1-4-8(5-2-7)6-3-7/h9H,1-6H2. The van der Waals surface area contributed by atoms with Gasteiger partial charge in [-0.1, -0.05) is 0 Å². The van der Waals surface area contributed by atoms with Crippen LogP contribution in [0.25, 0.3) is 0 Å². The van der Waals surface area contributed by atoms with Crippen LogP contribution in [0.4, 0.5) is 0 Å². The Morgan fingerprint density at radius 1 is 1.00 bits per heavy atom. The molecule has 1 nitrogen and oxygen atoms in total. The summed E-state index contributed by atoms with van der Waals surface area (Å²) in [6.07, 6.45) is 3.95. The van der Waals surface area contributed by atoms with E-state index < -0.39 is 0 Å². The summed E-state index contributed by atoms with van der Waals surface area (Å²) in [6, 6.07) is 0. The van der Waals surface area contributed by atoms with Crippen LogP contribution in [-0.4, -0.2) is 29.3 Å². The van der Waals surface area contributed by atoms with E-state index in [0.717, 1.165) is 0 Å². The second-order valence-electron chi connectivity index (χ2n) is 3.32. The first-order valence-corrected chi connectivity index (χ1v) is 4.18. The lowest BCUT2D eigenvalue weighted by Crippen LogP contribution is -2.49. The molecule has 2 heteroatoms. The summed E-state index contributed by atoms with van der Waals surface area (Å²) in [7, 11) is 0. The number of nitrogens with zero attached hydrogens (tertiary/aromatic N) is 1. The predicted molar refractivity (Wildman–Crippen MR) is 42.0 cm³/mol. The lowest BCUT2D eigenvalue weighted by atomic mass is 9.87. The van der Waals surface area contributed by atoms with Crippen LogP contribution in [0, 0.1) is 0 Å². The predicted octanol–water partition coefficient (Wildman–Crippen LogP) is 1.15. The van der Waals surface area contributed by atoms with E-state index >= 15 is 0 Å². The molecule has 0 unspecified atom stereocenters. The van der Waals surface area contributed by atoms with E-state index in [0.29, 0.717) is 4.75 Å². The fourth-order valence-corrected chi connectivity index (χ4v) is 2.11. The summed E-state index contributed by atoms with van der Waals surface area (Å²) in [6.45, 7) is 3.89. The van der Waals surface area contributed by atoms with Crippen LogP contribution >= 0.6 is 12.6 Å². The van der Waals surface area contributed by atoms with Crippen LogP contribution in [0.2, 0.25) is 0 Å². The molecule has 0 N–H and O–H groups in total. The molecule has 3 saturated heterocycles.